The number of hydrogen-bond donors (Lipinski definition) is 0. The molecule has 1 heterocycles. The average Bonchev–Trinajstić information content (AvgIpc) is 2.45. The first kappa shape index (κ1) is 18.7. The Labute approximate surface area is 144 Å². The summed E-state index contributed by atoms with van der Waals surface area (Å²) in [5.41, 5.74) is 0.205. The molecule has 0 unspecified atom stereocenters. The van der Waals surface area contributed by atoms with Gasteiger partial charge in [-0.05, 0) is 33.3 Å². The van der Waals surface area contributed by atoms with Gasteiger partial charge in [-0.1, -0.05) is 30.3 Å². The molecule has 1 aliphatic rings. The van der Waals surface area contributed by atoms with Gasteiger partial charge in [0.05, 0.1) is 5.75 Å². The molecule has 0 N–H and O–H groups in total. The third kappa shape index (κ3) is 4.95. The van der Waals surface area contributed by atoms with E-state index >= 15 is 0 Å². The number of ether oxygens (including phenoxy) is 1. The van der Waals surface area contributed by atoms with Gasteiger partial charge < -0.3 is 9.64 Å². The number of piperazine rings is 1. The van der Waals surface area contributed by atoms with Crippen LogP contribution in [0.15, 0.2) is 30.3 Å². The second-order valence-electron chi connectivity index (χ2n) is 7.13. The normalized spacial score (nSPS) is 20.0. The van der Waals surface area contributed by atoms with Gasteiger partial charge in [0.25, 0.3) is 0 Å². The van der Waals surface area contributed by atoms with Crippen molar-refractivity contribution in [2.75, 3.05) is 19.6 Å². The van der Waals surface area contributed by atoms with Crippen LogP contribution in [0.25, 0.3) is 0 Å². The topological polar surface area (TPSA) is 66.9 Å². The molecule has 0 radical (unpaired) electrons. The molecule has 1 aromatic rings. The zero-order valence-corrected chi connectivity index (χ0v) is 15.5. The lowest BCUT2D eigenvalue weighted by Crippen LogP contribution is -2.56. The van der Waals surface area contributed by atoms with Crippen LogP contribution in [0.5, 0.6) is 0 Å². The third-order valence-electron chi connectivity index (χ3n) is 3.77. The van der Waals surface area contributed by atoms with E-state index in [1.807, 2.05) is 45.9 Å². The summed E-state index contributed by atoms with van der Waals surface area (Å²) in [7, 11) is -3.42. The molecule has 1 aliphatic heterocycles. The Kier molecular flexibility index (Phi) is 5.55. The van der Waals surface area contributed by atoms with Gasteiger partial charge in [-0.2, -0.15) is 4.31 Å². The first-order valence-corrected chi connectivity index (χ1v) is 9.71. The van der Waals surface area contributed by atoms with E-state index in [1.165, 1.54) is 4.31 Å². The largest absolute Gasteiger partial charge is 0.444 e. The van der Waals surface area contributed by atoms with Gasteiger partial charge in [-0.25, -0.2) is 13.2 Å². The molecule has 1 aromatic carbocycles. The molecule has 24 heavy (non-hydrogen) atoms. The number of hydrogen-bond acceptors (Lipinski definition) is 4. The fraction of sp³-hybridized carbons (Fsp3) is 0.588. The predicted octanol–water partition coefficient (Wildman–Crippen LogP) is 2.46. The molecule has 0 aromatic heterocycles. The highest BCUT2D eigenvalue weighted by atomic mass is 32.2. The van der Waals surface area contributed by atoms with Crippen molar-refractivity contribution < 1.29 is 17.9 Å². The van der Waals surface area contributed by atoms with E-state index < -0.39 is 21.7 Å². The van der Waals surface area contributed by atoms with Crippen LogP contribution < -0.4 is 0 Å². The second-order valence-corrected chi connectivity index (χ2v) is 9.05. The van der Waals surface area contributed by atoms with Crippen LogP contribution in [-0.2, 0) is 20.5 Å². The first-order chi connectivity index (χ1) is 11.1. The number of amides is 1. The van der Waals surface area contributed by atoms with Crippen molar-refractivity contribution in [3.05, 3.63) is 35.9 Å². The van der Waals surface area contributed by atoms with Gasteiger partial charge in [0, 0.05) is 25.7 Å². The number of benzene rings is 1. The Morgan fingerprint density at radius 1 is 1.21 bits per heavy atom. The first-order valence-electron chi connectivity index (χ1n) is 8.10. The lowest BCUT2D eigenvalue weighted by atomic mass is 10.2. The van der Waals surface area contributed by atoms with Gasteiger partial charge in [-0.15, -0.1) is 0 Å². The summed E-state index contributed by atoms with van der Waals surface area (Å²) < 4.78 is 32.2. The fourth-order valence-corrected chi connectivity index (χ4v) is 4.47. The quantitative estimate of drug-likeness (QED) is 0.836. The van der Waals surface area contributed by atoms with Crippen LogP contribution in [0, 0.1) is 0 Å². The van der Waals surface area contributed by atoms with Crippen molar-refractivity contribution in [1.82, 2.24) is 9.21 Å². The monoisotopic (exact) mass is 354 g/mol. The van der Waals surface area contributed by atoms with Crippen LogP contribution >= 0.6 is 0 Å². The molecule has 0 saturated carbocycles. The summed E-state index contributed by atoms with van der Waals surface area (Å²) in [4.78, 5) is 13.7. The van der Waals surface area contributed by atoms with Crippen LogP contribution in [0.3, 0.4) is 0 Å². The van der Waals surface area contributed by atoms with Gasteiger partial charge in [0.15, 0.2) is 0 Å². The summed E-state index contributed by atoms with van der Waals surface area (Å²) in [6, 6.07) is 8.85. The van der Waals surface area contributed by atoms with Crippen molar-refractivity contribution in [2.24, 2.45) is 0 Å². The number of rotatable bonds is 3. The lowest BCUT2D eigenvalue weighted by Gasteiger charge is -2.39. The SMILES string of the molecule is C[C@H]1CN(C(=O)OC(C)(C)C)CCN1S(=O)(=O)Cc1ccccc1. The van der Waals surface area contributed by atoms with E-state index in [0.29, 0.717) is 13.1 Å². The minimum Gasteiger partial charge on any atom is -0.444 e. The van der Waals surface area contributed by atoms with E-state index in [-0.39, 0.29) is 18.3 Å². The highest BCUT2D eigenvalue weighted by Gasteiger charge is 2.35. The second kappa shape index (κ2) is 7.11. The number of sulfonamides is 1. The standard InChI is InChI=1S/C17H26N2O4S/c1-14-12-18(16(20)23-17(2,3)4)10-11-19(14)24(21,22)13-15-8-6-5-7-9-15/h5-9,14H,10-13H2,1-4H3/t14-/m0/s1. The number of carbonyl (C=O) groups is 1. The molecule has 0 spiro atoms. The summed E-state index contributed by atoms with van der Waals surface area (Å²) >= 11 is 0. The van der Waals surface area contributed by atoms with Crippen LogP contribution in [-0.4, -0.2) is 55.0 Å². The molecule has 1 fully saturated rings. The maximum Gasteiger partial charge on any atom is 0.410 e. The van der Waals surface area contributed by atoms with Crippen molar-refractivity contribution in [1.29, 1.82) is 0 Å². The van der Waals surface area contributed by atoms with Crippen molar-refractivity contribution in [2.45, 2.75) is 45.1 Å². The van der Waals surface area contributed by atoms with Gasteiger partial charge in [-0.3, -0.25) is 0 Å². The van der Waals surface area contributed by atoms with E-state index in [1.54, 1.807) is 17.0 Å². The van der Waals surface area contributed by atoms with Crippen LogP contribution in [0.1, 0.15) is 33.3 Å². The van der Waals surface area contributed by atoms with E-state index in [9.17, 15) is 13.2 Å². The van der Waals surface area contributed by atoms with Crippen molar-refractivity contribution >= 4 is 16.1 Å². The van der Waals surface area contributed by atoms with Crippen LogP contribution in [0.4, 0.5) is 4.79 Å². The molecular weight excluding hydrogens is 328 g/mol. The zero-order chi connectivity index (χ0) is 18.0. The highest BCUT2D eigenvalue weighted by Crippen LogP contribution is 2.20. The smallest absolute Gasteiger partial charge is 0.410 e. The Balaban J connectivity index is 2.01. The van der Waals surface area contributed by atoms with E-state index in [4.69, 9.17) is 4.74 Å². The zero-order valence-electron chi connectivity index (χ0n) is 14.7. The average molecular weight is 354 g/mol. The Morgan fingerprint density at radius 2 is 1.83 bits per heavy atom. The molecule has 1 saturated heterocycles. The minimum absolute atomic E-state index is 0.0232. The van der Waals surface area contributed by atoms with Crippen molar-refractivity contribution in [3.8, 4) is 0 Å². The lowest BCUT2D eigenvalue weighted by molar-refractivity contribution is 0.0143. The maximum atomic E-state index is 12.7. The Hall–Kier alpha value is -1.60. The van der Waals surface area contributed by atoms with E-state index in [2.05, 4.69) is 0 Å². The summed E-state index contributed by atoms with van der Waals surface area (Å²) in [6.45, 7) is 8.23. The molecule has 1 amide bonds. The summed E-state index contributed by atoms with van der Waals surface area (Å²) in [5.74, 6) is -0.0232. The summed E-state index contributed by atoms with van der Waals surface area (Å²) in [6.07, 6.45) is -0.394. The minimum atomic E-state index is -3.42. The molecule has 0 bridgehead atoms. The van der Waals surface area contributed by atoms with E-state index in [0.717, 1.165) is 5.56 Å². The molecular formula is C17H26N2O4S. The van der Waals surface area contributed by atoms with Gasteiger partial charge in [0.2, 0.25) is 10.0 Å². The molecule has 134 valence electrons. The molecule has 2 rings (SSSR count). The predicted molar refractivity (Wildman–Crippen MR) is 93.0 cm³/mol. The number of nitrogens with zero attached hydrogens (tertiary/aromatic N) is 2. The summed E-state index contributed by atoms with van der Waals surface area (Å²) in [5, 5.41) is 0. The third-order valence-corrected chi connectivity index (χ3v) is 5.72. The van der Waals surface area contributed by atoms with Crippen LogP contribution in [0.2, 0.25) is 0 Å². The molecule has 7 heteroatoms. The van der Waals surface area contributed by atoms with Gasteiger partial charge >= 0.3 is 6.09 Å². The van der Waals surface area contributed by atoms with Gasteiger partial charge in [0.1, 0.15) is 5.60 Å². The molecule has 0 aliphatic carbocycles. The number of carbonyl (C=O) groups excluding carboxylic acids is 1. The maximum absolute atomic E-state index is 12.7. The van der Waals surface area contributed by atoms with Crippen molar-refractivity contribution in [3.63, 3.8) is 0 Å². The molecule has 6 nitrogen and oxygen atoms in total. The highest BCUT2D eigenvalue weighted by molar-refractivity contribution is 7.88. The molecule has 1 atom stereocenters. The fourth-order valence-electron chi connectivity index (χ4n) is 2.71. The Bertz CT molecular complexity index is 668. The Morgan fingerprint density at radius 3 is 2.38 bits per heavy atom.